The van der Waals surface area contributed by atoms with Gasteiger partial charge in [-0.15, -0.1) is 0 Å². The average molecular weight is 792 g/mol. The van der Waals surface area contributed by atoms with Gasteiger partial charge < -0.3 is 9.47 Å². The molecule has 9 nitrogen and oxygen atoms in total. The molecule has 1 atom stereocenters. The molecule has 17 heteroatoms. The van der Waals surface area contributed by atoms with Crippen LogP contribution in [-0.2, 0) is 16.1 Å². The fraction of sp³-hybridized carbons (Fsp3) is 0.167. The highest BCUT2D eigenvalue weighted by atomic mass is 79.9. The zero-order valence-corrected chi connectivity index (χ0v) is 28.3. The summed E-state index contributed by atoms with van der Waals surface area (Å²) in [7, 11) is 0. The zero-order chi connectivity index (χ0) is 34.2. The van der Waals surface area contributed by atoms with Gasteiger partial charge in [-0.3, -0.25) is 19.5 Å². The average Bonchev–Trinajstić information content (AvgIpc) is 3.30. The Labute approximate surface area is 290 Å². The van der Waals surface area contributed by atoms with Gasteiger partial charge in [-0.25, -0.2) is 9.79 Å². The summed E-state index contributed by atoms with van der Waals surface area (Å²) in [6.07, 6.45) is -3.82. The van der Waals surface area contributed by atoms with Crippen LogP contribution in [0.25, 0.3) is 6.08 Å². The van der Waals surface area contributed by atoms with Crippen molar-refractivity contribution < 1.29 is 32.4 Å². The maximum atomic E-state index is 14.3. The van der Waals surface area contributed by atoms with Crippen molar-refractivity contribution in [3.8, 4) is 5.75 Å². The SMILES string of the molecule is CCOC(=O)C1=C(C(F)(F)F)N=c2s/c(=C\c3cc(Br)c(OCc4ccc(Cl)cc4Cl)c([N+](=O)[O-])c3)c(=O)n2[C@H]1c1ccc(Cl)cc1. The zero-order valence-electron chi connectivity index (χ0n) is 23.6. The third kappa shape index (κ3) is 7.26. The molecule has 0 N–H and O–H groups in total. The summed E-state index contributed by atoms with van der Waals surface area (Å²) in [5.74, 6) is -1.43. The van der Waals surface area contributed by atoms with Gasteiger partial charge in [0.25, 0.3) is 5.56 Å². The number of benzene rings is 3. The predicted octanol–water partition coefficient (Wildman–Crippen LogP) is 7.55. The Balaban J connectivity index is 1.66. The van der Waals surface area contributed by atoms with E-state index in [1.807, 2.05) is 0 Å². The number of alkyl halides is 3. The second-order valence-corrected chi connectivity index (χ2v) is 12.9. The van der Waals surface area contributed by atoms with Gasteiger partial charge in [0, 0.05) is 26.7 Å². The van der Waals surface area contributed by atoms with Gasteiger partial charge in [0.2, 0.25) is 5.75 Å². The topological polar surface area (TPSA) is 113 Å². The molecule has 5 rings (SSSR count). The fourth-order valence-corrected chi connectivity index (χ4v) is 6.87. The van der Waals surface area contributed by atoms with Crippen molar-refractivity contribution in [1.82, 2.24) is 4.57 Å². The van der Waals surface area contributed by atoms with Gasteiger partial charge in [0.15, 0.2) is 10.5 Å². The number of nitrogens with zero attached hydrogens (tertiary/aromatic N) is 3. The predicted molar refractivity (Wildman–Crippen MR) is 174 cm³/mol. The summed E-state index contributed by atoms with van der Waals surface area (Å²) in [4.78, 5) is 41.5. The van der Waals surface area contributed by atoms with E-state index in [9.17, 15) is 32.9 Å². The number of halogens is 7. The molecule has 0 radical (unpaired) electrons. The summed E-state index contributed by atoms with van der Waals surface area (Å²) in [6.45, 7) is 1.06. The lowest BCUT2D eigenvalue weighted by Crippen LogP contribution is -2.41. The second-order valence-electron chi connectivity index (χ2n) is 9.75. The van der Waals surface area contributed by atoms with Crippen LogP contribution in [-0.4, -0.2) is 28.2 Å². The maximum Gasteiger partial charge on any atom is 0.434 e. The molecule has 0 spiro atoms. The molecule has 4 aromatic rings. The lowest BCUT2D eigenvalue weighted by molar-refractivity contribution is -0.386. The summed E-state index contributed by atoms with van der Waals surface area (Å²) in [6, 6.07) is 11.3. The highest BCUT2D eigenvalue weighted by Crippen LogP contribution is 2.40. The molecule has 3 aromatic carbocycles. The molecular weight excluding hydrogens is 774 g/mol. The van der Waals surface area contributed by atoms with Gasteiger partial charge >= 0.3 is 17.8 Å². The van der Waals surface area contributed by atoms with E-state index < -0.39 is 45.6 Å². The minimum Gasteiger partial charge on any atom is -0.481 e. The third-order valence-electron chi connectivity index (χ3n) is 6.71. The Kier molecular flexibility index (Phi) is 10.2. The quantitative estimate of drug-likeness (QED) is 0.104. The Morgan fingerprint density at radius 3 is 2.43 bits per heavy atom. The summed E-state index contributed by atoms with van der Waals surface area (Å²) in [5.41, 5.74) is -2.85. The van der Waals surface area contributed by atoms with Crippen LogP contribution in [0.3, 0.4) is 0 Å². The standard InChI is InChI=1S/C30H18BrCl3F3N3O6S/c1-2-45-28(42)23-24(15-3-6-17(32)7-4-15)39-27(41)22(47-29(39)38-26(23)30(35,36)37)11-14-9-19(31)25(21(10-14)40(43)44)46-13-16-5-8-18(33)12-20(16)34/h3-12,24H,2,13H2,1H3/b22-11-/t24-/m0/s1. The fourth-order valence-electron chi connectivity index (χ4n) is 4.70. The number of thiazole rings is 1. The monoisotopic (exact) mass is 789 g/mol. The first-order chi connectivity index (χ1) is 22.2. The molecule has 0 saturated heterocycles. The van der Waals surface area contributed by atoms with Crippen molar-refractivity contribution in [3.05, 3.63) is 132 Å². The number of carbonyl (C=O) groups is 1. The Morgan fingerprint density at radius 2 is 1.81 bits per heavy atom. The van der Waals surface area contributed by atoms with Crippen LogP contribution in [0.2, 0.25) is 15.1 Å². The molecule has 1 aliphatic heterocycles. The van der Waals surface area contributed by atoms with Gasteiger partial charge in [0.05, 0.1) is 32.2 Å². The van der Waals surface area contributed by atoms with Crippen molar-refractivity contribution in [2.45, 2.75) is 25.7 Å². The highest BCUT2D eigenvalue weighted by Gasteiger charge is 2.45. The summed E-state index contributed by atoms with van der Waals surface area (Å²) < 4.78 is 54.7. The van der Waals surface area contributed by atoms with Crippen LogP contribution < -0.4 is 19.6 Å². The minimum absolute atomic E-state index is 0.114. The van der Waals surface area contributed by atoms with E-state index >= 15 is 0 Å². The molecule has 47 heavy (non-hydrogen) atoms. The van der Waals surface area contributed by atoms with Crippen molar-refractivity contribution >= 4 is 79.8 Å². The van der Waals surface area contributed by atoms with Gasteiger partial charge in [-0.05, 0) is 70.4 Å². The summed E-state index contributed by atoms with van der Waals surface area (Å²) >= 11 is 22.0. The largest absolute Gasteiger partial charge is 0.481 e. The molecular formula is C30H18BrCl3F3N3O6S. The number of fused-ring (bicyclic) bond motifs is 1. The molecule has 244 valence electrons. The lowest BCUT2D eigenvalue weighted by Gasteiger charge is -2.26. The molecule has 0 bridgehead atoms. The molecule has 0 unspecified atom stereocenters. The van der Waals surface area contributed by atoms with Gasteiger partial charge in [0.1, 0.15) is 6.61 Å². The first kappa shape index (κ1) is 34.6. The van der Waals surface area contributed by atoms with E-state index in [4.69, 9.17) is 44.3 Å². The first-order valence-corrected chi connectivity index (χ1v) is 16.0. The van der Waals surface area contributed by atoms with Crippen LogP contribution in [0.1, 0.15) is 29.7 Å². The Morgan fingerprint density at radius 1 is 1.13 bits per heavy atom. The number of allylic oxidation sites excluding steroid dienone is 1. The van der Waals surface area contributed by atoms with Crippen LogP contribution in [0.15, 0.2) is 80.1 Å². The van der Waals surface area contributed by atoms with E-state index in [0.29, 0.717) is 26.9 Å². The minimum atomic E-state index is -5.08. The Bertz CT molecular complexity index is 2140. The van der Waals surface area contributed by atoms with E-state index in [0.717, 1.165) is 10.6 Å². The number of hydrogen-bond acceptors (Lipinski definition) is 8. The number of nitro benzene ring substituents is 1. The molecule has 0 amide bonds. The van der Waals surface area contributed by atoms with Crippen molar-refractivity contribution in [1.29, 1.82) is 0 Å². The summed E-state index contributed by atoms with van der Waals surface area (Å²) in [5, 5.41) is 13.0. The van der Waals surface area contributed by atoms with Crippen molar-refractivity contribution in [3.63, 3.8) is 0 Å². The smallest absolute Gasteiger partial charge is 0.434 e. The molecule has 0 aliphatic carbocycles. The van der Waals surface area contributed by atoms with E-state index in [-0.39, 0.29) is 48.9 Å². The lowest BCUT2D eigenvalue weighted by atomic mass is 9.95. The van der Waals surface area contributed by atoms with Crippen LogP contribution in [0.5, 0.6) is 5.75 Å². The number of rotatable bonds is 8. The molecule has 1 aromatic heterocycles. The highest BCUT2D eigenvalue weighted by molar-refractivity contribution is 9.10. The molecule has 0 saturated carbocycles. The first-order valence-electron chi connectivity index (χ1n) is 13.3. The van der Waals surface area contributed by atoms with E-state index in [2.05, 4.69) is 20.9 Å². The number of nitro groups is 1. The van der Waals surface area contributed by atoms with Crippen molar-refractivity contribution in [2.75, 3.05) is 6.61 Å². The van der Waals surface area contributed by atoms with Crippen LogP contribution in [0.4, 0.5) is 18.9 Å². The van der Waals surface area contributed by atoms with Gasteiger partial charge in [-0.2, -0.15) is 13.2 Å². The van der Waals surface area contributed by atoms with Crippen LogP contribution in [0, 0.1) is 10.1 Å². The third-order valence-corrected chi connectivity index (χ3v) is 9.12. The van der Waals surface area contributed by atoms with E-state index in [1.54, 1.807) is 12.1 Å². The van der Waals surface area contributed by atoms with E-state index in [1.165, 1.54) is 49.4 Å². The number of esters is 1. The van der Waals surface area contributed by atoms with Crippen LogP contribution >= 0.6 is 62.1 Å². The number of ether oxygens (including phenoxy) is 2. The number of carbonyl (C=O) groups excluding carboxylic acids is 1. The maximum absolute atomic E-state index is 14.3. The molecule has 2 heterocycles. The van der Waals surface area contributed by atoms with Gasteiger partial charge in [-0.1, -0.05) is 64.3 Å². The normalized spacial score (nSPS) is 14.9. The number of aromatic nitrogens is 1. The Hall–Kier alpha value is -3.69. The second kappa shape index (κ2) is 13.8. The van der Waals surface area contributed by atoms with Crippen molar-refractivity contribution in [2.24, 2.45) is 4.99 Å². The molecule has 1 aliphatic rings. The molecule has 0 fully saturated rings. The number of hydrogen-bond donors (Lipinski definition) is 0.